The van der Waals surface area contributed by atoms with E-state index in [-0.39, 0.29) is 11.6 Å². The Morgan fingerprint density at radius 2 is 2.00 bits per heavy atom. The number of hydrogen-bond donors (Lipinski definition) is 1. The highest BCUT2D eigenvalue weighted by Gasteiger charge is 2.32. The van der Waals surface area contributed by atoms with Gasteiger partial charge >= 0.3 is 6.03 Å². The number of carbonyl (C=O) groups excluding carboxylic acids is 1. The van der Waals surface area contributed by atoms with Crippen molar-refractivity contribution < 1.29 is 13.9 Å². The molecule has 4 heterocycles. The molecule has 9 heteroatoms. The number of nitrogens with zero attached hydrogens (tertiary/aromatic N) is 5. The van der Waals surface area contributed by atoms with Crippen molar-refractivity contribution in [1.29, 1.82) is 0 Å². The van der Waals surface area contributed by atoms with Crippen LogP contribution in [0.5, 0.6) is 0 Å². The molecule has 0 aliphatic carbocycles. The fourth-order valence-electron chi connectivity index (χ4n) is 4.41. The lowest BCUT2D eigenvalue weighted by Crippen LogP contribution is -2.53. The SMILES string of the molecule is CC1(C)COCCN1c1cnc2nc(-c3cc(NC(=O)N4CCCC4)ccc3F)ccn12. The maximum Gasteiger partial charge on any atom is 0.321 e. The fraction of sp³-hybridized carbons (Fsp3) is 0.435. The molecule has 0 unspecified atom stereocenters. The minimum absolute atomic E-state index is 0.158. The summed E-state index contributed by atoms with van der Waals surface area (Å²) >= 11 is 0. The number of urea groups is 1. The Labute approximate surface area is 186 Å². The van der Waals surface area contributed by atoms with Gasteiger partial charge in [0.25, 0.3) is 0 Å². The molecule has 2 amide bonds. The van der Waals surface area contributed by atoms with Gasteiger partial charge in [-0.2, -0.15) is 0 Å². The zero-order valence-electron chi connectivity index (χ0n) is 18.3. The average Bonchev–Trinajstić information content (AvgIpc) is 3.45. The molecule has 2 aliphatic rings. The molecule has 1 N–H and O–H groups in total. The third kappa shape index (κ3) is 3.77. The summed E-state index contributed by atoms with van der Waals surface area (Å²) in [4.78, 5) is 25.5. The third-order valence-electron chi connectivity index (χ3n) is 6.17. The summed E-state index contributed by atoms with van der Waals surface area (Å²) in [6.45, 7) is 7.81. The number of likely N-dealkylation sites (tertiary alicyclic amines) is 1. The Morgan fingerprint density at radius 3 is 2.78 bits per heavy atom. The van der Waals surface area contributed by atoms with Crippen LogP contribution in [-0.4, -0.2) is 63.7 Å². The standard InChI is InChI=1S/C23H27FN6O2/c1-23(2)15-32-12-11-30(23)20-14-25-21-27-19(7-10-29(20)21)17-13-16(5-6-18(17)24)26-22(31)28-8-3-4-9-28/h5-7,10,13-14H,3-4,8-9,11-12,15H2,1-2H3,(H,26,31). The molecule has 168 valence electrons. The number of imidazole rings is 1. The topological polar surface area (TPSA) is 75.0 Å². The number of aromatic nitrogens is 3. The molecular formula is C23H27FN6O2. The molecule has 0 atom stereocenters. The Kier molecular flexibility index (Phi) is 5.21. The molecule has 0 spiro atoms. The van der Waals surface area contributed by atoms with E-state index in [0.29, 0.717) is 35.9 Å². The van der Waals surface area contributed by atoms with Crippen LogP contribution in [-0.2, 0) is 4.74 Å². The van der Waals surface area contributed by atoms with Gasteiger partial charge in [-0.1, -0.05) is 0 Å². The van der Waals surface area contributed by atoms with Gasteiger partial charge in [0.15, 0.2) is 0 Å². The van der Waals surface area contributed by atoms with Crippen LogP contribution in [0.3, 0.4) is 0 Å². The highest BCUT2D eigenvalue weighted by Crippen LogP contribution is 2.29. The van der Waals surface area contributed by atoms with Gasteiger partial charge < -0.3 is 19.9 Å². The summed E-state index contributed by atoms with van der Waals surface area (Å²) in [6.07, 6.45) is 5.68. The van der Waals surface area contributed by atoms with E-state index in [4.69, 9.17) is 4.74 Å². The van der Waals surface area contributed by atoms with Gasteiger partial charge in [-0.15, -0.1) is 0 Å². The predicted molar refractivity (Wildman–Crippen MR) is 120 cm³/mol. The van der Waals surface area contributed by atoms with Gasteiger partial charge in [0.2, 0.25) is 5.78 Å². The van der Waals surface area contributed by atoms with Crippen molar-refractivity contribution >= 4 is 23.3 Å². The fourth-order valence-corrected chi connectivity index (χ4v) is 4.41. The quantitative estimate of drug-likeness (QED) is 0.674. The van der Waals surface area contributed by atoms with Crippen LogP contribution in [0.25, 0.3) is 17.0 Å². The van der Waals surface area contributed by atoms with Crippen molar-refractivity contribution in [3.63, 3.8) is 0 Å². The van der Waals surface area contributed by atoms with Crippen molar-refractivity contribution in [2.45, 2.75) is 32.2 Å². The van der Waals surface area contributed by atoms with Crippen molar-refractivity contribution in [3.05, 3.63) is 42.5 Å². The Morgan fingerprint density at radius 1 is 1.19 bits per heavy atom. The van der Waals surface area contributed by atoms with Crippen LogP contribution in [0.2, 0.25) is 0 Å². The molecule has 0 bridgehead atoms. The van der Waals surface area contributed by atoms with Gasteiger partial charge in [0.05, 0.1) is 30.6 Å². The number of carbonyl (C=O) groups is 1. The lowest BCUT2D eigenvalue weighted by Gasteiger charge is -2.43. The van der Waals surface area contributed by atoms with Crippen molar-refractivity contribution in [2.24, 2.45) is 0 Å². The van der Waals surface area contributed by atoms with Crippen LogP contribution < -0.4 is 10.2 Å². The number of halogens is 1. The first-order valence-corrected chi connectivity index (χ1v) is 11.0. The molecule has 2 saturated heterocycles. The molecule has 32 heavy (non-hydrogen) atoms. The first kappa shape index (κ1) is 20.7. The van der Waals surface area contributed by atoms with Crippen LogP contribution in [0.4, 0.5) is 20.7 Å². The van der Waals surface area contributed by atoms with Gasteiger partial charge in [-0.3, -0.25) is 4.40 Å². The van der Waals surface area contributed by atoms with Crippen molar-refractivity contribution in [1.82, 2.24) is 19.3 Å². The zero-order chi connectivity index (χ0) is 22.3. The second kappa shape index (κ2) is 8.05. The third-order valence-corrected chi connectivity index (χ3v) is 6.17. The molecule has 0 saturated carbocycles. The van der Waals surface area contributed by atoms with E-state index in [1.807, 2.05) is 10.6 Å². The minimum Gasteiger partial charge on any atom is -0.377 e. The minimum atomic E-state index is -0.401. The number of hydrogen-bond acceptors (Lipinski definition) is 5. The van der Waals surface area contributed by atoms with Gasteiger partial charge in [-0.25, -0.2) is 19.2 Å². The lowest BCUT2D eigenvalue weighted by molar-refractivity contribution is 0.0638. The molecular weight excluding hydrogens is 411 g/mol. The first-order valence-electron chi connectivity index (χ1n) is 11.0. The second-order valence-corrected chi connectivity index (χ2v) is 8.93. The molecule has 3 aromatic rings. The van der Waals surface area contributed by atoms with Crippen LogP contribution in [0.1, 0.15) is 26.7 Å². The molecule has 2 fully saturated rings. The van der Waals surface area contributed by atoms with Crippen LogP contribution >= 0.6 is 0 Å². The molecule has 2 aromatic heterocycles. The average molecular weight is 439 g/mol. The van der Waals surface area contributed by atoms with Gasteiger partial charge in [0.1, 0.15) is 11.6 Å². The normalized spacial score (nSPS) is 18.3. The number of anilines is 2. The smallest absolute Gasteiger partial charge is 0.321 e. The molecule has 5 rings (SSSR count). The number of nitrogens with one attached hydrogen (secondary N) is 1. The van der Waals surface area contributed by atoms with E-state index in [9.17, 15) is 9.18 Å². The number of morpholine rings is 1. The van der Waals surface area contributed by atoms with E-state index in [1.165, 1.54) is 6.07 Å². The lowest BCUT2D eigenvalue weighted by atomic mass is 10.0. The first-order chi connectivity index (χ1) is 15.4. The summed E-state index contributed by atoms with van der Waals surface area (Å²) in [5, 5.41) is 2.87. The number of benzene rings is 1. The second-order valence-electron chi connectivity index (χ2n) is 8.93. The Balaban J connectivity index is 1.44. The predicted octanol–water partition coefficient (Wildman–Crippen LogP) is 3.78. The van der Waals surface area contributed by atoms with E-state index in [1.54, 1.807) is 29.3 Å². The van der Waals surface area contributed by atoms with E-state index in [0.717, 1.165) is 38.3 Å². The number of ether oxygens (including phenoxy) is 1. The largest absolute Gasteiger partial charge is 0.377 e. The van der Waals surface area contributed by atoms with Gasteiger partial charge in [0, 0.05) is 37.1 Å². The van der Waals surface area contributed by atoms with Gasteiger partial charge in [-0.05, 0) is 51.0 Å². The van der Waals surface area contributed by atoms with E-state index < -0.39 is 5.82 Å². The zero-order valence-corrected chi connectivity index (χ0v) is 18.3. The van der Waals surface area contributed by atoms with Crippen molar-refractivity contribution in [2.75, 3.05) is 43.1 Å². The molecule has 8 nitrogen and oxygen atoms in total. The van der Waals surface area contributed by atoms with Crippen LogP contribution in [0.15, 0.2) is 36.7 Å². The van der Waals surface area contributed by atoms with Crippen molar-refractivity contribution in [3.8, 4) is 11.3 Å². The highest BCUT2D eigenvalue weighted by molar-refractivity contribution is 5.90. The summed E-state index contributed by atoms with van der Waals surface area (Å²) in [5.41, 5.74) is 1.16. The van der Waals surface area contributed by atoms with Crippen LogP contribution in [0, 0.1) is 5.82 Å². The summed E-state index contributed by atoms with van der Waals surface area (Å²) in [5.74, 6) is 1.02. The monoisotopic (exact) mass is 438 g/mol. The molecule has 1 aromatic carbocycles. The maximum atomic E-state index is 14.7. The number of amides is 2. The molecule has 2 aliphatic heterocycles. The summed E-state index contributed by atoms with van der Waals surface area (Å²) in [7, 11) is 0. The maximum absolute atomic E-state index is 14.7. The van der Waals surface area contributed by atoms with E-state index >= 15 is 0 Å². The van der Waals surface area contributed by atoms with E-state index in [2.05, 4.69) is 34.0 Å². The number of fused-ring (bicyclic) bond motifs is 1. The Bertz CT molecular complexity index is 1150. The number of rotatable bonds is 3. The Hall–Kier alpha value is -3.20. The summed E-state index contributed by atoms with van der Waals surface area (Å²) < 4.78 is 22.2. The molecule has 0 radical (unpaired) electrons. The summed E-state index contributed by atoms with van der Waals surface area (Å²) in [6, 6.07) is 6.16. The highest BCUT2D eigenvalue weighted by atomic mass is 19.1.